The number of aromatic nitrogens is 4. The van der Waals surface area contributed by atoms with Gasteiger partial charge in [0.25, 0.3) is 0 Å². The Morgan fingerprint density at radius 2 is 2.04 bits per heavy atom. The van der Waals surface area contributed by atoms with Crippen LogP contribution in [-0.4, -0.2) is 52.2 Å². The number of aryl methyl sites for hydroxylation is 1. The Balaban J connectivity index is 0.00000280. The molecule has 2 N–H and O–H groups in total. The SMILES string of the molecule is CN=C(NCc1nc(-c2ccc(OC)cc2)n[nH]1)N(C)Cc1csc(C)n1.I. The first kappa shape index (κ1) is 22.1. The zero-order valence-corrected chi connectivity index (χ0v) is 19.4. The van der Waals surface area contributed by atoms with Crippen LogP contribution in [0.2, 0.25) is 0 Å². The Kier molecular flexibility index (Phi) is 8.18. The van der Waals surface area contributed by atoms with Crippen LogP contribution in [0.25, 0.3) is 11.4 Å². The number of ether oxygens (including phenoxy) is 1. The van der Waals surface area contributed by atoms with E-state index in [2.05, 4.69) is 35.9 Å². The minimum Gasteiger partial charge on any atom is -0.497 e. The maximum atomic E-state index is 5.17. The summed E-state index contributed by atoms with van der Waals surface area (Å²) in [5, 5.41) is 13.7. The molecule has 0 unspecified atom stereocenters. The van der Waals surface area contributed by atoms with Crippen LogP contribution < -0.4 is 10.1 Å². The molecule has 0 saturated carbocycles. The van der Waals surface area contributed by atoms with Gasteiger partial charge in [0.15, 0.2) is 11.8 Å². The molecule has 0 amide bonds. The second-order valence-corrected chi connectivity index (χ2v) is 7.01. The Labute approximate surface area is 185 Å². The molecule has 0 fully saturated rings. The molecule has 0 radical (unpaired) electrons. The number of aliphatic imine (C=N–C) groups is 1. The van der Waals surface area contributed by atoms with E-state index in [9.17, 15) is 0 Å². The maximum absolute atomic E-state index is 5.17. The molecule has 0 aliphatic heterocycles. The summed E-state index contributed by atoms with van der Waals surface area (Å²) in [7, 11) is 5.38. The number of aromatic amines is 1. The average Bonchev–Trinajstić information content (AvgIpc) is 3.31. The highest BCUT2D eigenvalue weighted by molar-refractivity contribution is 14.0. The molecule has 3 aromatic rings. The molecule has 0 aliphatic carbocycles. The number of halogens is 1. The first-order valence-corrected chi connectivity index (χ1v) is 9.35. The molecule has 1 aromatic carbocycles. The highest BCUT2D eigenvalue weighted by Crippen LogP contribution is 2.18. The minimum atomic E-state index is 0. The van der Waals surface area contributed by atoms with Crippen molar-refractivity contribution in [3.63, 3.8) is 0 Å². The zero-order chi connectivity index (χ0) is 19.2. The number of thiazole rings is 1. The van der Waals surface area contributed by atoms with E-state index in [-0.39, 0.29) is 24.0 Å². The Morgan fingerprint density at radius 3 is 2.64 bits per heavy atom. The van der Waals surface area contributed by atoms with Crippen molar-refractivity contribution in [2.75, 3.05) is 21.2 Å². The fraction of sp³-hybridized carbons (Fsp3) is 0.333. The molecule has 0 spiro atoms. The lowest BCUT2D eigenvalue weighted by Crippen LogP contribution is -2.38. The van der Waals surface area contributed by atoms with E-state index < -0.39 is 0 Å². The van der Waals surface area contributed by atoms with Crippen molar-refractivity contribution in [2.24, 2.45) is 4.99 Å². The van der Waals surface area contributed by atoms with Crippen LogP contribution in [0.4, 0.5) is 0 Å². The molecule has 0 atom stereocenters. The number of H-pyrrole nitrogens is 1. The summed E-state index contributed by atoms with van der Waals surface area (Å²) in [5.74, 6) is 2.96. The van der Waals surface area contributed by atoms with Crippen molar-refractivity contribution in [1.29, 1.82) is 0 Å². The van der Waals surface area contributed by atoms with Crippen molar-refractivity contribution >= 4 is 41.3 Å². The summed E-state index contributed by atoms with van der Waals surface area (Å²) in [6.07, 6.45) is 0. The Hall–Kier alpha value is -2.21. The Bertz CT molecular complexity index is 907. The van der Waals surface area contributed by atoms with Gasteiger partial charge in [0.1, 0.15) is 11.6 Å². The molecule has 3 rings (SSSR count). The Morgan fingerprint density at radius 1 is 1.29 bits per heavy atom. The predicted molar refractivity (Wildman–Crippen MR) is 122 cm³/mol. The van der Waals surface area contributed by atoms with Crippen molar-refractivity contribution in [2.45, 2.75) is 20.0 Å². The lowest BCUT2D eigenvalue weighted by atomic mass is 10.2. The normalized spacial score (nSPS) is 11.1. The van der Waals surface area contributed by atoms with Gasteiger partial charge in [-0.15, -0.1) is 35.3 Å². The number of methoxy groups -OCH3 is 1. The van der Waals surface area contributed by atoms with Crippen LogP contribution in [0.3, 0.4) is 0 Å². The first-order valence-electron chi connectivity index (χ1n) is 8.47. The molecule has 0 saturated heterocycles. The standard InChI is InChI=1S/C18H23N7OS.HI/c1-12-21-14(11-27-12)10-25(3)18(19-2)20-9-16-22-17(24-23-16)13-5-7-15(26-4)8-6-13;/h5-8,11H,9-10H2,1-4H3,(H,19,20)(H,22,23,24);1H. The minimum absolute atomic E-state index is 0. The first-order chi connectivity index (χ1) is 13.1. The van der Waals surface area contributed by atoms with Crippen LogP contribution in [0.5, 0.6) is 5.75 Å². The molecular formula is C18H24IN7OS. The molecule has 0 aliphatic rings. The highest BCUT2D eigenvalue weighted by atomic mass is 127. The smallest absolute Gasteiger partial charge is 0.194 e. The third-order valence-corrected chi connectivity index (χ3v) is 4.76. The van der Waals surface area contributed by atoms with E-state index in [0.717, 1.165) is 33.8 Å². The van der Waals surface area contributed by atoms with E-state index >= 15 is 0 Å². The largest absolute Gasteiger partial charge is 0.497 e. The molecule has 10 heteroatoms. The van der Waals surface area contributed by atoms with Crippen LogP contribution in [0.1, 0.15) is 16.5 Å². The number of guanidine groups is 1. The van der Waals surface area contributed by atoms with Crippen LogP contribution in [0, 0.1) is 6.92 Å². The van der Waals surface area contributed by atoms with Gasteiger partial charge >= 0.3 is 0 Å². The quantitative estimate of drug-likeness (QED) is 0.299. The second-order valence-electron chi connectivity index (χ2n) is 5.95. The van der Waals surface area contributed by atoms with E-state index in [1.807, 2.05) is 43.1 Å². The van der Waals surface area contributed by atoms with E-state index in [0.29, 0.717) is 18.9 Å². The molecule has 2 aromatic heterocycles. The highest BCUT2D eigenvalue weighted by Gasteiger charge is 2.11. The number of nitrogens with one attached hydrogen (secondary N) is 2. The number of benzene rings is 1. The number of rotatable bonds is 6. The lowest BCUT2D eigenvalue weighted by molar-refractivity contribution is 0.415. The second kappa shape index (κ2) is 10.4. The van der Waals surface area contributed by atoms with Crippen LogP contribution in [-0.2, 0) is 13.1 Å². The van der Waals surface area contributed by atoms with E-state index in [1.54, 1.807) is 25.5 Å². The van der Waals surface area contributed by atoms with Crippen molar-refractivity contribution in [1.82, 2.24) is 30.4 Å². The summed E-state index contributed by atoms with van der Waals surface area (Å²) >= 11 is 1.65. The summed E-state index contributed by atoms with van der Waals surface area (Å²) in [5.41, 5.74) is 1.96. The third kappa shape index (κ3) is 5.64. The van der Waals surface area contributed by atoms with Gasteiger partial charge in [0, 0.05) is 25.0 Å². The molecule has 0 bridgehead atoms. The summed E-state index contributed by atoms with van der Waals surface area (Å²) in [6, 6.07) is 7.64. The topological polar surface area (TPSA) is 91.3 Å². The summed E-state index contributed by atoms with van der Waals surface area (Å²) < 4.78 is 5.17. The molecule has 150 valence electrons. The van der Waals surface area contributed by atoms with Gasteiger partial charge in [-0.3, -0.25) is 10.1 Å². The summed E-state index contributed by atoms with van der Waals surface area (Å²) in [4.78, 5) is 15.4. The van der Waals surface area contributed by atoms with Crippen molar-refractivity contribution < 1.29 is 4.74 Å². The number of hydrogen-bond acceptors (Lipinski definition) is 6. The van der Waals surface area contributed by atoms with Gasteiger partial charge in [-0.2, -0.15) is 5.10 Å². The summed E-state index contributed by atoms with van der Waals surface area (Å²) in [6.45, 7) is 3.19. The number of nitrogens with zero attached hydrogens (tertiary/aromatic N) is 5. The predicted octanol–water partition coefficient (Wildman–Crippen LogP) is 3.07. The average molecular weight is 513 g/mol. The van der Waals surface area contributed by atoms with Crippen molar-refractivity contribution in [3.8, 4) is 17.1 Å². The fourth-order valence-electron chi connectivity index (χ4n) is 2.59. The monoisotopic (exact) mass is 513 g/mol. The van der Waals surface area contributed by atoms with Gasteiger partial charge in [-0.05, 0) is 31.2 Å². The van der Waals surface area contributed by atoms with Crippen LogP contribution >= 0.6 is 35.3 Å². The lowest BCUT2D eigenvalue weighted by Gasteiger charge is -2.20. The van der Waals surface area contributed by atoms with E-state index in [4.69, 9.17) is 4.74 Å². The van der Waals surface area contributed by atoms with Gasteiger partial charge < -0.3 is 15.0 Å². The maximum Gasteiger partial charge on any atom is 0.194 e. The molecule has 8 nitrogen and oxygen atoms in total. The van der Waals surface area contributed by atoms with Crippen molar-refractivity contribution in [3.05, 3.63) is 46.2 Å². The fourth-order valence-corrected chi connectivity index (χ4v) is 3.19. The number of hydrogen-bond donors (Lipinski definition) is 2. The van der Waals surface area contributed by atoms with Gasteiger partial charge in [0.05, 0.1) is 30.9 Å². The van der Waals surface area contributed by atoms with Crippen LogP contribution in [0.15, 0.2) is 34.6 Å². The van der Waals surface area contributed by atoms with Gasteiger partial charge in [-0.1, -0.05) is 0 Å². The molecule has 2 heterocycles. The van der Waals surface area contributed by atoms with Gasteiger partial charge in [0.2, 0.25) is 0 Å². The molecule has 28 heavy (non-hydrogen) atoms. The van der Waals surface area contributed by atoms with E-state index in [1.165, 1.54) is 0 Å². The third-order valence-electron chi connectivity index (χ3n) is 3.93. The molecular weight excluding hydrogens is 489 g/mol. The van der Waals surface area contributed by atoms with Gasteiger partial charge in [-0.25, -0.2) is 9.97 Å². The zero-order valence-electron chi connectivity index (χ0n) is 16.3.